The van der Waals surface area contributed by atoms with Crippen molar-refractivity contribution >= 4 is 23.3 Å². The van der Waals surface area contributed by atoms with Crippen molar-refractivity contribution in [3.05, 3.63) is 54.1 Å². The second kappa shape index (κ2) is 12.4. The van der Waals surface area contributed by atoms with Gasteiger partial charge in [0.1, 0.15) is 11.5 Å². The van der Waals surface area contributed by atoms with Crippen molar-refractivity contribution in [1.82, 2.24) is 0 Å². The first-order valence-electron chi connectivity index (χ1n) is 10.4. The van der Waals surface area contributed by atoms with Crippen LogP contribution in [0.25, 0.3) is 0 Å². The van der Waals surface area contributed by atoms with Crippen LogP contribution in [0.3, 0.4) is 0 Å². The van der Waals surface area contributed by atoms with Crippen LogP contribution >= 0.6 is 0 Å². The van der Waals surface area contributed by atoms with Gasteiger partial charge in [-0.3, -0.25) is 14.4 Å². The molecule has 0 heterocycles. The third kappa shape index (κ3) is 8.12. The predicted molar refractivity (Wildman–Crippen MR) is 118 cm³/mol. The van der Waals surface area contributed by atoms with Gasteiger partial charge >= 0.3 is 5.97 Å². The molecule has 1 atom stereocenters. The topological polar surface area (TPSA) is 90.9 Å². The van der Waals surface area contributed by atoms with E-state index in [1.165, 1.54) is 6.92 Å². The maximum absolute atomic E-state index is 12.5. The zero-order valence-corrected chi connectivity index (χ0v) is 18.2. The fourth-order valence-electron chi connectivity index (χ4n) is 2.76. The van der Waals surface area contributed by atoms with E-state index in [4.69, 9.17) is 14.2 Å². The van der Waals surface area contributed by atoms with Crippen LogP contribution in [0.2, 0.25) is 0 Å². The molecule has 1 unspecified atom stereocenters. The van der Waals surface area contributed by atoms with E-state index in [2.05, 4.69) is 5.32 Å². The molecule has 0 aromatic heterocycles. The maximum atomic E-state index is 12.5. The van der Waals surface area contributed by atoms with Crippen molar-refractivity contribution in [2.24, 2.45) is 0 Å². The summed E-state index contributed by atoms with van der Waals surface area (Å²) >= 11 is 0. The smallest absolute Gasteiger partial charge is 0.309 e. The zero-order chi connectivity index (χ0) is 22.6. The van der Waals surface area contributed by atoms with Crippen molar-refractivity contribution < 1.29 is 28.6 Å². The van der Waals surface area contributed by atoms with Gasteiger partial charge in [0.2, 0.25) is 11.7 Å². The van der Waals surface area contributed by atoms with Gasteiger partial charge in [-0.15, -0.1) is 0 Å². The number of rotatable bonds is 12. The molecule has 0 aliphatic carbocycles. The molecule has 0 bridgehead atoms. The molecule has 166 valence electrons. The number of carbonyl (C=O) groups excluding carboxylic acids is 3. The van der Waals surface area contributed by atoms with Gasteiger partial charge in [-0.05, 0) is 68.8 Å². The van der Waals surface area contributed by atoms with Crippen LogP contribution in [-0.2, 0) is 14.3 Å². The fraction of sp³-hybridized carbons (Fsp3) is 0.375. The summed E-state index contributed by atoms with van der Waals surface area (Å²) in [6.07, 6.45) is 0.304. The Kier molecular flexibility index (Phi) is 9.55. The van der Waals surface area contributed by atoms with Gasteiger partial charge in [0.05, 0.1) is 19.6 Å². The van der Waals surface area contributed by atoms with E-state index in [1.807, 2.05) is 13.8 Å². The van der Waals surface area contributed by atoms with E-state index in [0.29, 0.717) is 30.0 Å². The van der Waals surface area contributed by atoms with Gasteiger partial charge in [0.25, 0.3) is 0 Å². The van der Waals surface area contributed by atoms with Crippen LogP contribution in [-0.4, -0.2) is 37.0 Å². The number of ether oxygens (including phenoxy) is 3. The second-order valence-corrected chi connectivity index (χ2v) is 6.87. The summed E-state index contributed by atoms with van der Waals surface area (Å²) in [7, 11) is 0. The molecular formula is C24H29NO6. The van der Waals surface area contributed by atoms with Gasteiger partial charge in [-0.2, -0.15) is 0 Å². The molecule has 7 heteroatoms. The third-order valence-electron chi connectivity index (χ3n) is 4.32. The molecule has 1 amide bonds. The Morgan fingerprint density at radius 1 is 0.871 bits per heavy atom. The number of anilines is 1. The number of ketones is 1. The quantitative estimate of drug-likeness (QED) is 0.399. The Bertz CT molecular complexity index is 861. The normalized spacial score (nSPS) is 11.3. The highest BCUT2D eigenvalue weighted by Gasteiger charge is 2.19. The van der Waals surface area contributed by atoms with Crippen molar-refractivity contribution in [3.63, 3.8) is 0 Å². The molecule has 0 saturated carbocycles. The number of carbonyl (C=O) groups is 3. The zero-order valence-electron chi connectivity index (χ0n) is 18.2. The van der Waals surface area contributed by atoms with E-state index < -0.39 is 12.1 Å². The third-order valence-corrected chi connectivity index (χ3v) is 4.32. The standard InChI is InChI=1S/C24H29NO6/c1-4-6-22(26)25-19-9-7-18(8-10-19)24(28)17(3)31-23(27)15-16-30-21-13-11-20(12-14-21)29-5-2/h7-14,17H,4-6,15-16H2,1-3H3,(H,25,26). The first kappa shape index (κ1) is 23.9. The highest BCUT2D eigenvalue weighted by atomic mass is 16.5. The van der Waals surface area contributed by atoms with Crippen LogP contribution in [0.1, 0.15) is 50.4 Å². The molecule has 7 nitrogen and oxygen atoms in total. The summed E-state index contributed by atoms with van der Waals surface area (Å²) in [5, 5.41) is 2.76. The average molecular weight is 427 g/mol. The summed E-state index contributed by atoms with van der Waals surface area (Å²) in [6.45, 7) is 6.09. The second-order valence-electron chi connectivity index (χ2n) is 6.87. The van der Waals surface area contributed by atoms with Crippen LogP contribution in [0, 0.1) is 0 Å². The van der Waals surface area contributed by atoms with Crippen molar-refractivity contribution in [2.75, 3.05) is 18.5 Å². The molecule has 0 spiro atoms. The first-order valence-corrected chi connectivity index (χ1v) is 10.4. The van der Waals surface area contributed by atoms with Crippen LogP contribution < -0.4 is 14.8 Å². The summed E-state index contributed by atoms with van der Waals surface area (Å²) in [5.74, 6) is 0.461. The minimum atomic E-state index is -0.918. The van der Waals surface area contributed by atoms with Crippen LogP contribution in [0.4, 0.5) is 5.69 Å². The Labute approximate surface area is 182 Å². The molecule has 0 aliphatic rings. The first-order chi connectivity index (χ1) is 14.9. The highest BCUT2D eigenvalue weighted by Crippen LogP contribution is 2.18. The average Bonchev–Trinajstić information content (AvgIpc) is 2.75. The van der Waals surface area contributed by atoms with Gasteiger partial charge in [-0.25, -0.2) is 0 Å². The molecule has 2 aromatic rings. The van der Waals surface area contributed by atoms with Gasteiger partial charge in [0, 0.05) is 17.7 Å². The highest BCUT2D eigenvalue weighted by molar-refractivity contribution is 6.00. The number of Topliss-reactive ketones (excluding diaryl/α,β-unsaturated/α-hetero) is 1. The van der Waals surface area contributed by atoms with Gasteiger partial charge in [0.15, 0.2) is 6.10 Å². The minimum Gasteiger partial charge on any atom is -0.494 e. The van der Waals surface area contributed by atoms with Crippen LogP contribution in [0.15, 0.2) is 48.5 Å². The van der Waals surface area contributed by atoms with Crippen molar-refractivity contribution in [3.8, 4) is 11.5 Å². The molecule has 0 saturated heterocycles. The summed E-state index contributed by atoms with van der Waals surface area (Å²) < 4.78 is 16.1. The maximum Gasteiger partial charge on any atom is 0.309 e. The van der Waals surface area contributed by atoms with Crippen LogP contribution in [0.5, 0.6) is 11.5 Å². The van der Waals surface area contributed by atoms with Crippen molar-refractivity contribution in [1.29, 1.82) is 0 Å². The number of esters is 1. The number of benzene rings is 2. The summed E-state index contributed by atoms with van der Waals surface area (Å²) in [4.78, 5) is 36.2. The Morgan fingerprint density at radius 3 is 2.06 bits per heavy atom. The van der Waals surface area contributed by atoms with E-state index in [1.54, 1.807) is 48.5 Å². The molecule has 31 heavy (non-hydrogen) atoms. The Balaban J connectivity index is 1.77. The minimum absolute atomic E-state index is 0.0211. The largest absolute Gasteiger partial charge is 0.494 e. The molecule has 2 aromatic carbocycles. The number of nitrogens with one attached hydrogen (secondary N) is 1. The molecule has 2 rings (SSSR count). The SMILES string of the molecule is CCCC(=O)Nc1ccc(C(=O)C(C)OC(=O)CCOc2ccc(OCC)cc2)cc1. The number of hydrogen-bond donors (Lipinski definition) is 1. The van der Waals surface area contributed by atoms with E-state index in [9.17, 15) is 14.4 Å². The molecule has 0 fully saturated rings. The van der Waals surface area contributed by atoms with E-state index >= 15 is 0 Å². The lowest BCUT2D eigenvalue weighted by atomic mass is 10.1. The molecule has 1 N–H and O–H groups in total. The summed E-state index contributed by atoms with van der Waals surface area (Å²) in [6, 6.07) is 13.6. The van der Waals surface area contributed by atoms with Gasteiger partial charge in [-0.1, -0.05) is 6.92 Å². The Morgan fingerprint density at radius 2 is 1.48 bits per heavy atom. The number of hydrogen-bond acceptors (Lipinski definition) is 6. The van der Waals surface area contributed by atoms with E-state index in [-0.39, 0.29) is 24.7 Å². The lowest BCUT2D eigenvalue weighted by Gasteiger charge is -2.13. The molecule has 0 aliphatic heterocycles. The van der Waals surface area contributed by atoms with Gasteiger partial charge < -0.3 is 19.5 Å². The lowest BCUT2D eigenvalue weighted by Crippen LogP contribution is -2.25. The van der Waals surface area contributed by atoms with E-state index in [0.717, 1.165) is 12.2 Å². The molecular weight excluding hydrogens is 398 g/mol. The monoisotopic (exact) mass is 427 g/mol. The van der Waals surface area contributed by atoms with Crippen molar-refractivity contribution in [2.45, 2.75) is 46.1 Å². The lowest BCUT2D eigenvalue weighted by molar-refractivity contribution is -0.146. The molecule has 0 radical (unpaired) electrons. The number of amides is 1. The predicted octanol–water partition coefficient (Wildman–Crippen LogP) is 4.41. The Hall–Kier alpha value is -3.35. The summed E-state index contributed by atoms with van der Waals surface area (Å²) in [5.41, 5.74) is 1.02. The fourth-order valence-corrected chi connectivity index (χ4v) is 2.76.